The third-order valence-electron chi connectivity index (χ3n) is 3.57. The van der Waals surface area contributed by atoms with Gasteiger partial charge in [-0.15, -0.1) is 0 Å². The van der Waals surface area contributed by atoms with E-state index in [1.165, 1.54) is 14.2 Å². The highest BCUT2D eigenvalue weighted by molar-refractivity contribution is 5.96. The zero-order valence-corrected chi connectivity index (χ0v) is 14.6. The van der Waals surface area contributed by atoms with Crippen LogP contribution in [0.15, 0.2) is 48.5 Å². The molecule has 2 aromatic rings. The van der Waals surface area contributed by atoms with Gasteiger partial charge in [-0.25, -0.2) is 9.59 Å². The zero-order valence-electron chi connectivity index (χ0n) is 14.6. The normalized spacial score (nSPS) is 9.92. The number of methoxy groups -OCH3 is 2. The van der Waals surface area contributed by atoms with Gasteiger partial charge in [-0.1, -0.05) is 18.2 Å². The summed E-state index contributed by atoms with van der Waals surface area (Å²) in [5.74, 6) is -1.14. The number of hydrogen-bond donors (Lipinski definition) is 2. The van der Waals surface area contributed by atoms with Gasteiger partial charge in [0, 0.05) is 24.3 Å². The summed E-state index contributed by atoms with van der Waals surface area (Å²) in [6, 6.07) is 13.4. The fourth-order valence-corrected chi connectivity index (χ4v) is 2.30. The van der Waals surface area contributed by atoms with Crippen molar-refractivity contribution in [3.05, 3.63) is 59.7 Å². The summed E-state index contributed by atoms with van der Waals surface area (Å²) in [6.45, 7) is 0.330. The van der Waals surface area contributed by atoms with Gasteiger partial charge in [0.05, 0.1) is 25.3 Å². The Balaban J connectivity index is 1.90. The maximum absolute atomic E-state index is 12.1. The van der Waals surface area contributed by atoms with Crippen LogP contribution in [0.5, 0.6) is 0 Å². The molecule has 0 aliphatic rings. The topological polar surface area (TPSA) is 93.7 Å². The highest BCUT2D eigenvalue weighted by Gasteiger charge is 2.11. The van der Waals surface area contributed by atoms with Crippen LogP contribution in [-0.2, 0) is 14.3 Å². The Morgan fingerprint density at radius 3 is 2.38 bits per heavy atom. The molecule has 0 spiro atoms. The molecule has 7 nitrogen and oxygen atoms in total. The minimum Gasteiger partial charge on any atom is -0.465 e. The van der Waals surface area contributed by atoms with E-state index in [-0.39, 0.29) is 12.3 Å². The second-order valence-electron chi connectivity index (χ2n) is 5.33. The van der Waals surface area contributed by atoms with Crippen molar-refractivity contribution in [2.45, 2.75) is 6.42 Å². The second kappa shape index (κ2) is 9.22. The zero-order chi connectivity index (χ0) is 18.9. The Hall–Kier alpha value is -3.35. The molecule has 26 heavy (non-hydrogen) atoms. The molecule has 0 aromatic heterocycles. The summed E-state index contributed by atoms with van der Waals surface area (Å²) < 4.78 is 9.38. The van der Waals surface area contributed by atoms with Crippen LogP contribution in [0.1, 0.15) is 27.1 Å². The SMILES string of the molecule is COC(=O)c1cccc(NC(=O)CCNc2ccccc2C(=O)OC)c1. The van der Waals surface area contributed by atoms with Gasteiger partial charge in [0.15, 0.2) is 0 Å². The molecule has 2 rings (SSSR count). The molecule has 0 saturated heterocycles. The molecule has 0 unspecified atom stereocenters. The lowest BCUT2D eigenvalue weighted by atomic mass is 10.1. The Kier molecular flexibility index (Phi) is 6.73. The van der Waals surface area contributed by atoms with Gasteiger partial charge in [-0.2, -0.15) is 0 Å². The van der Waals surface area contributed by atoms with Crippen molar-refractivity contribution in [2.75, 3.05) is 31.4 Å². The first-order valence-electron chi connectivity index (χ1n) is 7.94. The van der Waals surface area contributed by atoms with E-state index >= 15 is 0 Å². The van der Waals surface area contributed by atoms with Crippen molar-refractivity contribution >= 4 is 29.2 Å². The predicted molar refractivity (Wildman–Crippen MR) is 97.3 cm³/mol. The number of rotatable bonds is 7. The Morgan fingerprint density at radius 2 is 1.65 bits per heavy atom. The first-order chi connectivity index (χ1) is 12.5. The predicted octanol–water partition coefficient (Wildman–Crippen LogP) is 2.70. The van der Waals surface area contributed by atoms with Crippen molar-refractivity contribution in [2.24, 2.45) is 0 Å². The molecule has 2 N–H and O–H groups in total. The summed E-state index contributed by atoms with van der Waals surface area (Å²) in [4.78, 5) is 35.3. The summed E-state index contributed by atoms with van der Waals surface area (Å²) >= 11 is 0. The van der Waals surface area contributed by atoms with Gasteiger partial charge < -0.3 is 20.1 Å². The standard InChI is InChI=1S/C19H20N2O5/c1-25-18(23)13-6-5-7-14(12-13)21-17(22)10-11-20-16-9-4-3-8-15(16)19(24)26-2/h3-9,12,20H,10-11H2,1-2H3,(H,21,22). The monoisotopic (exact) mass is 356 g/mol. The molecule has 2 aromatic carbocycles. The molecule has 0 aliphatic heterocycles. The van der Waals surface area contributed by atoms with Crippen LogP contribution in [0.25, 0.3) is 0 Å². The van der Waals surface area contributed by atoms with E-state index in [0.717, 1.165) is 0 Å². The van der Waals surface area contributed by atoms with E-state index in [2.05, 4.69) is 15.4 Å². The number of amides is 1. The van der Waals surface area contributed by atoms with Gasteiger partial charge in [0.25, 0.3) is 0 Å². The van der Waals surface area contributed by atoms with E-state index in [4.69, 9.17) is 4.74 Å². The average Bonchev–Trinajstić information content (AvgIpc) is 2.67. The molecule has 0 aliphatic carbocycles. The van der Waals surface area contributed by atoms with Gasteiger partial charge in [0.2, 0.25) is 5.91 Å². The van der Waals surface area contributed by atoms with E-state index in [1.54, 1.807) is 48.5 Å². The van der Waals surface area contributed by atoms with Crippen molar-refractivity contribution in [3.63, 3.8) is 0 Å². The van der Waals surface area contributed by atoms with Gasteiger partial charge in [0.1, 0.15) is 0 Å². The van der Waals surface area contributed by atoms with Crippen LogP contribution in [0, 0.1) is 0 Å². The third kappa shape index (κ3) is 5.07. The molecule has 0 fully saturated rings. The molecule has 0 saturated carbocycles. The molecule has 0 heterocycles. The quantitative estimate of drug-likeness (QED) is 0.741. The van der Waals surface area contributed by atoms with Crippen molar-refractivity contribution < 1.29 is 23.9 Å². The van der Waals surface area contributed by atoms with Gasteiger partial charge in [-0.3, -0.25) is 4.79 Å². The number of esters is 2. The highest BCUT2D eigenvalue weighted by Crippen LogP contribution is 2.16. The molecule has 1 amide bonds. The number of anilines is 2. The van der Waals surface area contributed by atoms with Gasteiger partial charge in [-0.05, 0) is 30.3 Å². The molecule has 0 atom stereocenters. The van der Waals surface area contributed by atoms with E-state index in [9.17, 15) is 14.4 Å². The third-order valence-corrected chi connectivity index (χ3v) is 3.57. The second-order valence-corrected chi connectivity index (χ2v) is 5.33. The Morgan fingerprint density at radius 1 is 0.923 bits per heavy atom. The molecule has 0 bridgehead atoms. The van der Waals surface area contributed by atoms with E-state index < -0.39 is 11.9 Å². The molecular formula is C19H20N2O5. The lowest BCUT2D eigenvalue weighted by molar-refractivity contribution is -0.115. The van der Waals surface area contributed by atoms with Crippen molar-refractivity contribution in [3.8, 4) is 0 Å². The van der Waals surface area contributed by atoms with Crippen molar-refractivity contribution in [1.29, 1.82) is 0 Å². The van der Waals surface area contributed by atoms with E-state index in [0.29, 0.717) is 29.0 Å². The van der Waals surface area contributed by atoms with Crippen LogP contribution in [0.3, 0.4) is 0 Å². The van der Waals surface area contributed by atoms with E-state index in [1.807, 2.05) is 0 Å². The first-order valence-corrected chi connectivity index (χ1v) is 7.94. The summed E-state index contributed by atoms with van der Waals surface area (Å²) in [6.07, 6.45) is 0.179. The largest absolute Gasteiger partial charge is 0.465 e. The minimum absolute atomic E-state index is 0.179. The highest BCUT2D eigenvalue weighted by atomic mass is 16.5. The average molecular weight is 356 g/mol. The number of benzene rings is 2. The summed E-state index contributed by atoms with van der Waals surface area (Å²) in [7, 11) is 2.61. The number of nitrogens with one attached hydrogen (secondary N) is 2. The Labute approximate surface area is 151 Å². The first kappa shape index (κ1) is 19.0. The number of ether oxygens (including phenoxy) is 2. The lowest BCUT2D eigenvalue weighted by Gasteiger charge is -2.11. The number of para-hydroxylation sites is 1. The van der Waals surface area contributed by atoms with Crippen LogP contribution < -0.4 is 10.6 Å². The van der Waals surface area contributed by atoms with Crippen LogP contribution >= 0.6 is 0 Å². The fraction of sp³-hybridized carbons (Fsp3) is 0.211. The fourth-order valence-electron chi connectivity index (χ4n) is 2.30. The molecular weight excluding hydrogens is 336 g/mol. The number of carbonyl (C=O) groups is 3. The van der Waals surface area contributed by atoms with Crippen LogP contribution in [-0.4, -0.2) is 38.6 Å². The molecule has 136 valence electrons. The molecule has 7 heteroatoms. The number of hydrogen-bond acceptors (Lipinski definition) is 6. The maximum Gasteiger partial charge on any atom is 0.339 e. The smallest absolute Gasteiger partial charge is 0.339 e. The lowest BCUT2D eigenvalue weighted by Crippen LogP contribution is -2.17. The van der Waals surface area contributed by atoms with Crippen LogP contribution in [0.4, 0.5) is 11.4 Å². The molecule has 0 radical (unpaired) electrons. The summed E-state index contributed by atoms with van der Waals surface area (Å²) in [5, 5.41) is 5.77. The maximum atomic E-state index is 12.1. The number of carbonyl (C=O) groups excluding carboxylic acids is 3. The van der Waals surface area contributed by atoms with Crippen LogP contribution in [0.2, 0.25) is 0 Å². The minimum atomic E-state index is -0.470. The van der Waals surface area contributed by atoms with Gasteiger partial charge >= 0.3 is 11.9 Å². The Bertz CT molecular complexity index is 804. The van der Waals surface area contributed by atoms with Crippen molar-refractivity contribution in [1.82, 2.24) is 0 Å². The summed E-state index contributed by atoms with van der Waals surface area (Å²) in [5.41, 5.74) is 1.87.